The van der Waals surface area contributed by atoms with Gasteiger partial charge in [0.25, 0.3) is 0 Å². The van der Waals surface area contributed by atoms with Gasteiger partial charge in [-0.1, -0.05) is 108 Å². The van der Waals surface area contributed by atoms with E-state index in [0.717, 1.165) is 31.4 Å². The third-order valence-electron chi connectivity index (χ3n) is 9.55. The normalized spacial score (nSPS) is 25.5. The van der Waals surface area contributed by atoms with E-state index in [-0.39, 0.29) is 22.0 Å². The monoisotopic (exact) mass is 498 g/mol. The van der Waals surface area contributed by atoms with Gasteiger partial charge in [-0.25, -0.2) is 0 Å². The largest absolute Gasteiger partial charge is 0.534 e. The lowest BCUT2D eigenvalue weighted by atomic mass is 9.49. The van der Waals surface area contributed by atoms with Crippen LogP contribution in [0.1, 0.15) is 71.9 Å². The topological polar surface area (TPSA) is 29.5 Å². The molecule has 0 unspecified atom stereocenters. The van der Waals surface area contributed by atoms with Crippen LogP contribution in [-0.4, -0.2) is 19.5 Å². The molecule has 0 aliphatic heterocycles. The zero-order valence-corrected chi connectivity index (χ0v) is 23.8. The molecule has 1 fully saturated rings. The van der Waals surface area contributed by atoms with Gasteiger partial charge in [-0.2, -0.15) is 0 Å². The Hall–Kier alpha value is -2.36. The van der Waals surface area contributed by atoms with Crippen LogP contribution in [0.4, 0.5) is 0 Å². The van der Waals surface area contributed by atoms with Gasteiger partial charge in [-0.3, -0.25) is 0 Å². The van der Waals surface area contributed by atoms with Crippen molar-refractivity contribution >= 4 is 18.7 Å². The van der Waals surface area contributed by atoms with Crippen LogP contribution in [0.15, 0.2) is 78.9 Å². The third-order valence-corrected chi connectivity index (χ3v) is 14.5. The van der Waals surface area contributed by atoms with Gasteiger partial charge in [0.05, 0.1) is 6.10 Å². The van der Waals surface area contributed by atoms with Gasteiger partial charge in [-0.05, 0) is 81.1 Å². The molecular formula is C33H42O2Si. The molecule has 3 atom stereocenters. The number of hydrogen-bond acceptors (Lipinski definition) is 2. The summed E-state index contributed by atoms with van der Waals surface area (Å²) in [5.74, 6) is 1.48. The molecule has 0 saturated heterocycles. The first kappa shape index (κ1) is 25.3. The number of rotatable bonds is 4. The van der Waals surface area contributed by atoms with Gasteiger partial charge in [-0.15, -0.1) is 0 Å². The summed E-state index contributed by atoms with van der Waals surface area (Å²) < 4.78 is 7.33. The summed E-state index contributed by atoms with van der Waals surface area (Å²) in [5.41, 5.74) is 2.94. The molecule has 3 aromatic carbocycles. The molecule has 2 aliphatic carbocycles. The molecule has 1 saturated carbocycles. The first-order valence-electron chi connectivity index (χ1n) is 13.6. The molecular weight excluding hydrogens is 456 g/mol. The highest BCUT2D eigenvalue weighted by atomic mass is 28.4. The Morgan fingerprint density at radius 1 is 0.833 bits per heavy atom. The molecule has 2 nitrogen and oxygen atoms in total. The lowest BCUT2D eigenvalue weighted by molar-refractivity contribution is -0.0730. The Labute approximate surface area is 218 Å². The summed E-state index contributed by atoms with van der Waals surface area (Å²) in [7, 11) is -2.65. The lowest BCUT2D eigenvalue weighted by Gasteiger charge is -2.56. The van der Waals surface area contributed by atoms with Crippen LogP contribution in [0.3, 0.4) is 0 Å². The SMILES string of the molecule is CC1(C)[C@@H](O)CC[C@]2(C)c3ccc(O[Si](c4ccccc4)(c4ccccc4)C(C)(C)C)cc3CC[C@@H]12. The van der Waals surface area contributed by atoms with Gasteiger partial charge in [0.2, 0.25) is 0 Å². The zero-order valence-electron chi connectivity index (χ0n) is 22.8. The Morgan fingerprint density at radius 3 is 1.97 bits per heavy atom. The maximum atomic E-state index is 10.8. The fourth-order valence-electron chi connectivity index (χ4n) is 7.57. The van der Waals surface area contributed by atoms with E-state index in [1.807, 2.05) is 0 Å². The van der Waals surface area contributed by atoms with Gasteiger partial charge >= 0.3 is 8.32 Å². The summed E-state index contributed by atoms with van der Waals surface area (Å²) in [6.07, 6.45) is 3.87. The molecule has 0 radical (unpaired) electrons. The molecule has 5 rings (SSSR count). The standard InChI is InChI=1S/C33H42O2Si/c1-31(2,3)36(26-13-9-7-10-14-26,27-15-11-8-12-16-27)35-25-18-19-28-24(23-25)17-20-29-32(4,5)30(34)21-22-33(28,29)6/h7-16,18-19,23,29-30,34H,17,20-22H2,1-6H3/t29-,30-,33+/m0/s1. The zero-order chi connectivity index (χ0) is 25.8. The molecule has 0 spiro atoms. The second-order valence-corrected chi connectivity index (χ2v) is 17.2. The van der Waals surface area contributed by atoms with Crippen molar-refractivity contribution < 1.29 is 9.53 Å². The molecule has 36 heavy (non-hydrogen) atoms. The van der Waals surface area contributed by atoms with Gasteiger partial charge < -0.3 is 9.53 Å². The van der Waals surface area contributed by atoms with Crippen LogP contribution in [-0.2, 0) is 11.8 Å². The van der Waals surface area contributed by atoms with Crippen LogP contribution in [0, 0.1) is 11.3 Å². The van der Waals surface area contributed by atoms with Crippen molar-refractivity contribution in [2.75, 3.05) is 0 Å². The molecule has 3 heteroatoms. The summed E-state index contributed by atoms with van der Waals surface area (Å²) in [4.78, 5) is 0. The molecule has 3 aromatic rings. The Kier molecular flexibility index (Phi) is 6.24. The summed E-state index contributed by atoms with van der Waals surface area (Å²) in [5, 5.41) is 13.3. The van der Waals surface area contributed by atoms with Crippen molar-refractivity contribution in [1.82, 2.24) is 0 Å². The molecule has 0 bridgehead atoms. The molecule has 1 N–H and O–H groups in total. The smallest absolute Gasteiger partial charge is 0.319 e. The van der Waals surface area contributed by atoms with Gasteiger partial charge in [0.15, 0.2) is 0 Å². The van der Waals surface area contributed by atoms with E-state index in [1.165, 1.54) is 21.5 Å². The van der Waals surface area contributed by atoms with E-state index in [1.54, 1.807) is 0 Å². The van der Waals surface area contributed by atoms with Gasteiger partial charge in [0, 0.05) is 0 Å². The quantitative estimate of drug-likeness (QED) is 0.409. The van der Waals surface area contributed by atoms with Crippen molar-refractivity contribution in [3.05, 3.63) is 90.0 Å². The fourth-order valence-corrected chi connectivity index (χ4v) is 12.0. The van der Waals surface area contributed by atoms with E-state index >= 15 is 0 Å². The molecule has 2 aliphatic rings. The van der Waals surface area contributed by atoms with Crippen LogP contribution in [0.5, 0.6) is 5.75 Å². The van der Waals surface area contributed by atoms with E-state index in [0.29, 0.717) is 5.92 Å². The third kappa shape index (κ3) is 3.87. The fraction of sp³-hybridized carbons (Fsp3) is 0.455. The second-order valence-electron chi connectivity index (χ2n) is 13.0. The highest BCUT2D eigenvalue weighted by molar-refractivity contribution is 7.00. The molecule has 0 amide bonds. The number of benzene rings is 3. The van der Waals surface area contributed by atoms with Crippen molar-refractivity contribution in [3.8, 4) is 5.75 Å². The number of aryl methyl sites for hydroxylation is 1. The minimum absolute atomic E-state index is 0.0607. The maximum absolute atomic E-state index is 10.8. The van der Waals surface area contributed by atoms with Crippen LogP contribution in [0.25, 0.3) is 0 Å². The summed E-state index contributed by atoms with van der Waals surface area (Å²) in [6.45, 7) is 14.0. The van der Waals surface area contributed by atoms with E-state index < -0.39 is 8.32 Å². The maximum Gasteiger partial charge on any atom is 0.319 e. The van der Waals surface area contributed by atoms with E-state index in [9.17, 15) is 5.11 Å². The average molecular weight is 499 g/mol. The van der Waals surface area contributed by atoms with E-state index in [4.69, 9.17) is 4.43 Å². The second kappa shape index (κ2) is 8.88. The number of aliphatic hydroxyl groups excluding tert-OH is 1. The Morgan fingerprint density at radius 2 is 1.42 bits per heavy atom. The summed E-state index contributed by atoms with van der Waals surface area (Å²) >= 11 is 0. The van der Waals surface area contributed by atoms with Crippen molar-refractivity contribution in [2.45, 2.75) is 83.8 Å². The van der Waals surface area contributed by atoms with E-state index in [2.05, 4.69) is 120 Å². The molecule has 0 heterocycles. The van der Waals surface area contributed by atoms with Crippen LogP contribution in [0.2, 0.25) is 5.04 Å². The Balaban J connectivity index is 1.60. The molecule has 190 valence electrons. The summed E-state index contributed by atoms with van der Waals surface area (Å²) in [6, 6.07) is 28.7. The lowest BCUT2D eigenvalue weighted by Crippen LogP contribution is -2.68. The van der Waals surface area contributed by atoms with Crippen molar-refractivity contribution in [3.63, 3.8) is 0 Å². The highest BCUT2D eigenvalue weighted by Gasteiger charge is 2.54. The average Bonchev–Trinajstić information content (AvgIpc) is 2.85. The minimum atomic E-state index is -2.65. The minimum Gasteiger partial charge on any atom is -0.534 e. The Bertz CT molecular complexity index is 1170. The van der Waals surface area contributed by atoms with Crippen LogP contribution < -0.4 is 14.8 Å². The highest BCUT2D eigenvalue weighted by Crippen LogP contribution is 2.57. The predicted molar refractivity (Wildman–Crippen MR) is 153 cm³/mol. The number of aliphatic hydroxyl groups is 1. The first-order valence-corrected chi connectivity index (χ1v) is 15.5. The van der Waals surface area contributed by atoms with Gasteiger partial charge in [0.1, 0.15) is 5.75 Å². The number of hydrogen-bond donors (Lipinski definition) is 1. The molecule has 0 aromatic heterocycles. The van der Waals surface area contributed by atoms with Crippen molar-refractivity contribution in [1.29, 1.82) is 0 Å². The first-order chi connectivity index (χ1) is 17.0. The van der Waals surface area contributed by atoms with Crippen LogP contribution >= 0.6 is 0 Å². The predicted octanol–water partition coefficient (Wildman–Crippen LogP) is 6.63. The van der Waals surface area contributed by atoms with Crippen molar-refractivity contribution in [2.24, 2.45) is 11.3 Å². The number of fused-ring (bicyclic) bond motifs is 3.